The number of carbonyl (C=O) groups is 1. The van der Waals surface area contributed by atoms with E-state index in [4.69, 9.17) is 4.74 Å². The fourth-order valence-corrected chi connectivity index (χ4v) is 3.40. The van der Waals surface area contributed by atoms with Gasteiger partial charge in [-0.25, -0.2) is 9.78 Å². The van der Waals surface area contributed by atoms with E-state index in [1.807, 2.05) is 27.0 Å². The third kappa shape index (κ3) is 4.41. The Balaban J connectivity index is 1.68. The van der Waals surface area contributed by atoms with Crippen molar-refractivity contribution in [2.24, 2.45) is 0 Å². The molecule has 1 aromatic heterocycles. The van der Waals surface area contributed by atoms with Crippen LogP contribution >= 0.6 is 0 Å². The van der Waals surface area contributed by atoms with E-state index in [9.17, 15) is 4.79 Å². The van der Waals surface area contributed by atoms with E-state index in [1.165, 1.54) is 5.56 Å². The van der Waals surface area contributed by atoms with E-state index < -0.39 is 0 Å². The van der Waals surface area contributed by atoms with Gasteiger partial charge in [-0.15, -0.1) is 0 Å². The molecule has 26 heavy (non-hydrogen) atoms. The molecule has 1 aromatic carbocycles. The summed E-state index contributed by atoms with van der Waals surface area (Å²) in [7, 11) is 2.02. The first-order valence-electron chi connectivity index (χ1n) is 9.19. The van der Waals surface area contributed by atoms with Crippen LogP contribution in [0.25, 0.3) is 0 Å². The number of anilines is 1. The first-order chi connectivity index (χ1) is 12.5. The predicted octanol–water partition coefficient (Wildman–Crippen LogP) is 3.36. The molecule has 0 amide bonds. The molecule has 0 radical (unpaired) electrons. The Kier molecular flexibility index (Phi) is 5.89. The molecule has 5 heteroatoms. The van der Waals surface area contributed by atoms with E-state index in [0.29, 0.717) is 17.4 Å². The molecule has 0 unspecified atom stereocenters. The molecule has 5 nitrogen and oxygen atoms in total. The van der Waals surface area contributed by atoms with Gasteiger partial charge in [0.15, 0.2) is 0 Å². The Morgan fingerprint density at radius 3 is 2.77 bits per heavy atom. The van der Waals surface area contributed by atoms with Crippen molar-refractivity contribution in [3.8, 4) is 0 Å². The van der Waals surface area contributed by atoms with Crippen LogP contribution in [0.2, 0.25) is 0 Å². The number of nitrogens with zero attached hydrogens (tertiary/aromatic N) is 3. The summed E-state index contributed by atoms with van der Waals surface area (Å²) >= 11 is 0. The van der Waals surface area contributed by atoms with Crippen LogP contribution in [0.15, 0.2) is 48.7 Å². The van der Waals surface area contributed by atoms with Crippen molar-refractivity contribution < 1.29 is 9.53 Å². The van der Waals surface area contributed by atoms with Crippen molar-refractivity contribution in [3.05, 3.63) is 59.8 Å². The van der Waals surface area contributed by atoms with Crippen molar-refractivity contribution in [2.75, 3.05) is 25.0 Å². The van der Waals surface area contributed by atoms with Gasteiger partial charge in [-0.1, -0.05) is 30.3 Å². The number of aromatic nitrogens is 1. The van der Waals surface area contributed by atoms with Crippen molar-refractivity contribution in [2.45, 2.75) is 39.0 Å². The highest BCUT2D eigenvalue weighted by molar-refractivity contribution is 5.94. The smallest absolute Gasteiger partial charge is 0.342 e. The van der Waals surface area contributed by atoms with Crippen LogP contribution in [-0.4, -0.2) is 48.1 Å². The molecule has 0 bridgehead atoms. The monoisotopic (exact) mass is 353 g/mol. The minimum absolute atomic E-state index is 0.145. The third-order valence-electron chi connectivity index (χ3n) is 4.73. The summed E-state index contributed by atoms with van der Waals surface area (Å²) in [6.07, 6.45) is 2.64. The second-order valence-corrected chi connectivity index (χ2v) is 7.10. The van der Waals surface area contributed by atoms with Crippen LogP contribution in [0, 0.1) is 0 Å². The average molecular weight is 353 g/mol. The molecule has 0 N–H and O–H groups in total. The quantitative estimate of drug-likeness (QED) is 0.745. The molecule has 1 aliphatic rings. The van der Waals surface area contributed by atoms with Gasteiger partial charge in [0.2, 0.25) is 0 Å². The lowest BCUT2D eigenvalue weighted by Crippen LogP contribution is -2.36. The molecule has 0 aliphatic carbocycles. The Labute approximate surface area is 155 Å². The van der Waals surface area contributed by atoms with Gasteiger partial charge in [-0.2, -0.15) is 0 Å². The van der Waals surface area contributed by atoms with Crippen LogP contribution in [-0.2, 0) is 11.3 Å². The number of likely N-dealkylation sites (tertiary alicyclic amines) is 1. The topological polar surface area (TPSA) is 45.7 Å². The summed E-state index contributed by atoms with van der Waals surface area (Å²) in [6, 6.07) is 14.4. The number of benzene rings is 1. The minimum atomic E-state index is -0.311. The lowest BCUT2D eigenvalue weighted by Gasteiger charge is -2.27. The average Bonchev–Trinajstić information content (AvgIpc) is 3.10. The van der Waals surface area contributed by atoms with Crippen molar-refractivity contribution in [1.29, 1.82) is 0 Å². The Bertz CT molecular complexity index is 733. The molecule has 1 fully saturated rings. The molecular weight excluding hydrogens is 326 g/mol. The maximum atomic E-state index is 12.4. The van der Waals surface area contributed by atoms with E-state index in [1.54, 1.807) is 18.3 Å². The number of carbonyl (C=O) groups excluding carboxylic acids is 1. The first-order valence-corrected chi connectivity index (χ1v) is 9.19. The summed E-state index contributed by atoms with van der Waals surface area (Å²) in [5, 5.41) is 0. The standard InChI is InChI=1S/C21H27N3O2/c1-16(2)26-21(25)19-10-7-12-22-20(19)23(3)18-11-13-24(15-18)14-17-8-5-4-6-9-17/h4-10,12,16,18H,11,13-15H2,1-3H3/t18-/m0/s1. The van der Waals surface area contributed by atoms with Crippen LogP contribution in [0.3, 0.4) is 0 Å². The number of pyridine rings is 1. The Morgan fingerprint density at radius 1 is 1.27 bits per heavy atom. The second-order valence-electron chi connectivity index (χ2n) is 7.10. The zero-order valence-corrected chi connectivity index (χ0v) is 15.8. The summed E-state index contributed by atoms with van der Waals surface area (Å²) in [6.45, 7) is 6.67. The van der Waals surface area contributed by atoms with E-state index in [2.05, 4.69) is 39.0 Å². The van der Waals surface area contributed by atoms with Crippen molar-refractivity contribution in [1.82, 2.24) is 9.88 Å². The molecule has 2 heterocycles. The van der Waals surface area contributed by atoms with Crippen molar-refractivity contribution in [3.63, 3.8) is 0 Å². The highest BCUT2D eigenvalue weighted by atomic mass is 16.5. The highest BCUT2D eigenvalue weighted by Crippen LogP contribution is 2.24. The molecule has 1 saturated heterocycles. The molecular formula is C21H27N3O2. The van der Waals surface area contributed by atoms with E-state index >= 15 is 0 Å². The lowest BCUT2D eigenvalue weighted by molar-refractivity contribution is 0.0378. The number of hydrogen-bond acceptors (Lipinski definition) is 5. The lowest BCUT2D eigenvalue weighted by atomic mass is 10.2. The summed E-state index contributed by atoms with van der Waals surface area (Å²) in [5.74, 6) is 0.388. The summed E-state index contributed by atoms with van der Waals surface area (Å²) in [4.78, 5) is 21.4. The number of hydrogen-bond donors (Lipinski definition) is 0. The maximum Gasteiger partial charge on any atom is 0.342 e. The summed E-state index contributed by atoms with van der Waals surface area (Å²) < 4.78 is 5.37. The van der Waals surface area contributed by atoms with Gasteiger partial charge in [0.1, 0.15) is 11.4 Å². The van der Waals surface area contributed by atoms with Gasteiger partial charge in [0.05, 0.1) is 6.10 Å². The third-order valence-corrected chi connectivity index (χ3v) is 4.73. The first kappa shape index (κ1) is 18.4. The van der Waals surface area contributed by atoms with Gasteiger partial charge < -0.3 is 9.64 Å². The zero-order valence-electron chi connectivity index (χ0n) is 15.8. The summed E-state index contributed by atoms with van der Waals surface area (Å²) in [5.41, 5.74) is 1.86. The molecule has 1 atom stereocenters. The van der Waals surface area contributed by atoms with Crippen LogP contribution in [0.4, 0.5) is 5.82 Å². The van der Waals surface area contributed by atoms with Crippen molar-refractivity contribution >= 4 is 11.8 Å². The largest absolute Gasteiger partial charge is 0.459 e. The number of likely N-dealkylation sites (N-methyl/N-ethyl adjacent to an activating group) is 1. The van der Waals surface area contributed by atoms with Gasteiger partial charge in [-0.3, -0.25) is 4.90 Å². The van der Waals surface area contributed by atoms with Gasteiger partial charge >= 0.3 is 5.97 Å². The zero-order chi connectivity index (χ0) is 18.5. The Hall–Kier alpha value is -2.40. The number of ether oxygens (including phenoxy) is 1. The minimum Gasteiger partial charge on any atom is -0.459 e. The van der Waals surface area contributed by atoms with Gasteiger partial charge in [0.25, 0.3) is 0 Å². The van der Waals surface area contributed by atoms with Crippen LogP contribution < -0.4 is 4.90 Å². The van der Waals surface area contributed by atoms with E-state index in [0.717, 1.165) is 26.1 Å². The Morgan fingerprint density at radius 2 is 2.04 bits per heavy atom. The molecule has 3 rings (SSSR count). The molecule has 0 saturated carbocycles. The van der Waals surface area contributed by atoms with Crippen LogP contribution in [0.5, 0.6) is 0 Å². The van der Waals surface area contributed by atoms with Crippen LogP contribution in [0.1, 0.15) is 36.2 Å². The fourth-order valence-electron chi connectivity index (χ4n) is 3.40. The molecule has 0 spiro atoms. The number of esters is 1. The number of rotatable bonds is 6. The van der Waals surface area contributed by atoms with Gasteiger partial charge in [0, 0.05) is 38.9 Å². The van der Waals surface area contributed by atoms with E-state index in [-0.39, 0.29) is 12.1 Å². The highest BCUT2D eigenvalue weighted by Gasteiger charge is 2.29. The fraction of sp³-hybridized carbons (Fsp3) is 0.429. The maximum absolute atomic E-state index is 12.4. The molecule has 1 aliphatic heterocycles. The predicted molar refractivity (Wildman–Crippen MR) is 103 cm³/mol. The van der Waals surface area contributed by atoms with Gasteiger partial charge in [-0.05, 0) is 38.0 Å². The second kappa shape index (κ2) is 8.32. The molecule has 138 valence electrons. The SMILES string of the molecule is CC(C)OC(=O)c1cccnc1N(C)[C@H]1CCN(Cc2ccccc2)C1. The normalized spacial score (nSPS) is 17.5. The molecule has 2 aromatic rings.